The van der Waals surface area contributed by atoms with Crippen molar-refractivity contribution in [3.05, 3.63) is 29.3 Å². The Morgan fingerprint density at radius 2 is 2.12 bits per heavy atom. The molecule has 94 valence electrons. The van der Waals surface area contributed by atoms with Gasteiger partial charge in [0.2, 0.25) is 0 Å². The third-order valence-corrected chi connectivity index (χ3v) is 3.77. The van der Waals surface area contributed by atoms with Crippen LogP contribution in [0.2, 0.25) is 0 Å². The summed E-state index contributed by atoms with van der Waals surface area (Å²) in [6.07, 6.45) is 3.65. The first kappa shape index (κ1) is 12.4. The van der Waals surface area contributed by atoms with Gasteiger partial charge in [0.25, 0.3) is 0 Å². The van der Waals surface area contributed by atoms with E-state index in [-0.39, 0.29) is 0 Å². The molecule has 1 heterocycles. The maximum absolute atomic E-state index is 2.41. The summed E-state index contributed by atoms with van der Waals surface area (Å²) in [6, 6.07) is 7.65. The summed E-state index contributed by atoms with van der Waals surface area (Å²) in [6.45, 7) is 3.47. The van der Waals surface area contributed by atoms with E-state index >= 15 is 0 Å². The van der Waals surface area contributed by atoms with Crippen LogP contribution in [0.3, 0.4) is 0 Å². The zero-order valence-electron chi connectivity index (χ0n) is 11.5. The van der Waals surface area contributed by atoms with E-state index in [1.54, 1.807) is 0 Å². The Hall–Kier alpha value is -1.02. The van der Waals surface area contributed by atoms with Crippen molar-refractivity contribution in [2.24, 2.45) is 0 Å². The van der Waals surface area contributed by atoms with Crippen molar-refractivity contribution in [3.63, 3.8) is 0 Å². The van der Waals surface area contributed by atoms with Gasteiger partial charge >= 0.3 is 0 Å². The Morgan fingerprint density at radius 1 is 1.35 bits per heavy atom. The highest BCUT2D eigenvalue weighted by molar-refractivity contribution is 5.59. The Balaban J connectivity index is 2.01. The smallest absolute Gasteiger partial charge is 0.0399 e. The fourth-order valence-corrected chi connectivity index (χ4v) is 2.59. The van der Waals surface area contributed by atoms with Gasteiger partial charge in [0.15, 0.2) is 0 Å². The first-order valence-electron chi connectivity index (χ1n) is 6.57. The molecule has 1 aliphatic rings. The van der Waals surface area contributed by atoms with Crippen LogP contribution in [-0.4, -0.2) is 38.6 Å². The minimum Gasteiger partial charge on any atom is -0.371 e. The van der Waals surface area contributed by atoms with Gasteiger partial charge in [0.1, 0.15) is 0 Å². The van der Waals surface area contributed by atoms with Crippen molar-refractivity contribution >= 4 is 5.69 Å². The van der Waals surface area contributed by atoms with Gasteiger partial charge in [-0.05, 0) is 64.0 Å². The number of likely N-dealkylation sites (N-methyl/N-ethyl adjacent to an activating group) is 1. The lowest BCUT2D eigenvalue weighted by atomic mass is 10.0. The molecule has 0 radical (unpaired) electrons. The van der Waals surface area contributed by atoms with E-state index in [2.05, 4.69) is 56.1 Å². The molecular formula is C15H24N2. The molecule has 1 aromatic rings. The molecule has 0 bridgehead atoms. The van der Waals surface area contributed by atoms with Crippen molar-refractivity contribution in [1.82, 2.24) is 4.90 Å². The summed E-state index contributed by atoms with van der Waals surface area (Å²) in [7, 11) is 6.47. The van der Waals surface area contributed by atoms with Crippen molar-refractivity contribution < 1.29 is 0 Å². The number of hydrogen-bond donors (Lipinski definition) is 0. The quantitative estimate of drug-likeness (QED) is 0.787. The summed E-state index contributed by atoms with van der Waals surface area (Å²) in [4.78, 5) is 4.64. The molecule has 1 atom stereocenters. The Labute approximate surface area is 105 Å². The fourth-order valence-electron chi connectivity index (χ4n) is 2.59. The number of benzene rings is 1. The van der Waals surface area contributed by atoms with Crippen molar-refractivity contribution in [3.8, 4) is 0 Å². The second kappa shape index (κ2) is 5.09. The van der Waals surface area contributed by atoms with Gasteiger partial charge in [-0.15, -0.1) is 0 Å². The molecule has 1 unspecified atom stereocenters. The van der Waals surface area contributed by atoms with Gasteiger partial charge in [-0.25, -0.2) is 0 Å². The zero-order chi connectivity index (χ0) is 12.4. The normalized spacial score (nSPS) is 18.9. The molecule has 0 spiro atoms. The Bertz CT molecular complexity index is 385. The van der Waals surface area contributed by atoms with E-state index < -0.39 is 0 Å². The predicted octanol–water partition coefficient (Wildman–Crippen LogP) is 2.56. The van der Waals surface area contributed by atoms with Crippen LogP contribution < -0.4 is 4.90 Å². The predicted molar refractivity (Wildman–Crippen MR) is 74.9 cm³/mol. The lowest BCUT2D eigenvalue weighted by Crippen LogP contribution is -2.23. The molecule has 2 nitrogen and oxygen atoms in total. The minimum absolute atomic E-state index is 0.655. The lowest BCUT2D eigenvalue weighted by molar-refractivity contribution is 0.400. The molecular weight excluding hydrogens is 208 g/mol. The number of fused-ring (bicyclic) bond motifs is 1. The molecule has 0 aliphatic carbocycles. The average molecular weight is 232 g/mol. The second-order valence-corrected chi connectivity index (χ2v) is 5.53. The summed E-state index contributed by atoms with van der Waals surface area (Å²) in [5, 5.41) is 0. The van der Waals surface area contributed by atoms with E-state index in [9.17, 15) is 0 Å². The molecule has 17 heavy (non-hydrogen) atoms. The summed E-state index contributed by atoms with van der Waals surface area (Å²) < 4.78 is 0. The van der Waals surface area contributed by atoms with Crippen LogP contribution in [0.15, 0.2) is 18.2 Å². The number of anilines is 1. The molecule has 2 rings (SSSR count). The third-order valence-electron chi connectivity index (χ3n) is 3.77. The monoisotopic (exact) mass is 232 g/mol. The van der Waals surface area contributed by atoms with Gasteiger partial charge in [-0.1, -0.05) is 12.1 Å². The van der Waals surface area contributed by atoms with Crippen LogP contribution in [0.25, 0.3) is 0 Å². The lowest BCUT2D eigenvalue weighted by Gasteiger charge is -2.18. The molecule has 1 aromatic carbocycles. The number of nitrogens with zero attached hydrogens (tertiary/aromatic N) is 2. The highest BCUT2D eigenvalue weighted by atomic mass is 15.1. The van der Waals surface area contributed by atoms with Crippen molar-refractivity contribution in [1.29, 1.82) is 0 Å². The molecule has 0 saturated heterocycles. The fraction of sp³-hybridized carbons (Fsp3) is 0.600. The van der Waals surface area contributed by atoms with E-state index in [1.807, 2.05) is 0 Å². The molecule has 1 aliphatic heterocycles. The van der Waals surface area contributed by atoms with Crippen LogP contribution in [0.5, 0.6) is 0 Å². The van der Waals surface area contributed by atoms with Gasteiger partial charge in [-0.2, -0.15) is 0 Å². The highest BCUT2D eigenvalue weighted by Crippen LogP contribution is 2.31. The van der Waals surface area contributed by atoms with Gasteiger partial charge in [0.05, 0.1) is 0 Å². The first-order chi connectivity index (χ1) is 8.08. The standard InChI is InChI=1S/C15H24N2/c1-12-10-14-11-13(6-5-9-16(2)3)7-8-15(14)17(12)4/h7-8,11-12H,5-6,9-10H2,1-4H3. The third kappa shape index (κ3) is 2.81. The largest absolute Gasteiger partial charge is 0.371 e. The van der Waals surface area contributed by atoms with Crippen LogP contribution >= 0.6 is 0 Å². The van der Waals surface area contributed by atoms with E-state index in [0.29, 0.717) is 6.04 Å². The van der Waals surface area contributed by atoms with Gasteiger partial charge in [-0.3, -0.25) is 0 Å². The SMILES string of the molecule is CC1Cc2cc(CCCN(C)C)ccc2N1C. The molecule has 0 fully saturated rings. The first-order valence-corrected chi connectivity index (χ1v) is 6.57. The molecule has 0 saturated carbocycles. The second-order valence-electron chi connectivity index (χ2n) is 5.53. The highest BCUT2D eigenvalue weighted by Gasteiger charge is 2.22. The van der Waals surface area contributed by atoms with Crippen LogP contribution in [0, 0.1) is 0 Å². The van der Waals surface area contributed by atoms with Gasteiger partial charge < -0.3 is 9.80 Å². The summed E-state index contributed by atoms with van der Waals surface area (Å²) >= 11 is 0. The van der Waals surface area contributed by atoms with E-state index in [1.165, 1.54) is 42.6 Å². The topological polar surface area (TPSA) is 6.48 Å². The van der Waals surface area contributed by atoms with Crippen LogP contribution in [0.1, 0.15) is 24.5 Å². The van der Waals surface area contributed by atoms with E-state index in [4.69, 9.17) is 0 Å². The number of rotatable bonds is 4. The zero-order valence-corrected chi connectivity index (χ0v) is 11.5. The van der Waals surface area contributed by atoms with Crippen LogP contribution in [-0.2, 0) is 12.8 Å². The maximum atomic E-state index is 2.41. The van der Waals surface area contributed by atoms with Crippen molar-refractivity contribution in [2.75, 3.05) is 32.6 Å². The summed E-state index contributed by atoms with van der Waals surface area (Å²) in [5.41, 5.74) is 4.45. The average Bonchev–Trinajstić information content (AvgIpc) is 2.54. The molecule has 0 amide bonds. The molecule has 2 heteroatoms. The van der Waals surface area contributed by atoms with Crippen LogP contribution in [0.4, 0.5) is 5.69 Å². The van der Waals surface area contributed by atoms with E-state index in [0.717, 1.165) is 0 Å². The number of hydrogen-bond acceptors (Lipinski definition) is 2. The maximum Gasteiger partial charge on any atom is 0.0399 e. The van der Waals surface area contributed by atoms with Crippen molar-refractivity contribution in [2.45, 2.75) is 32.2 Å². The molecule has 0 N–H and O–H groups in total. The Kier molecular flexibility index (Phi) is 3.72. The summed E-state index contributed by atoms with van der Waals surface area (Å²) in [5.74, 6) is 0. The molecule has 0 aromatic heterocycles. The van der Waals surface area contributed by atoms with Gasteiger partial charge in [0, 0.05) is 18.8 Å². The Morgan fingerprint density at radius 3 is 2.82 bits per heavy atom. The number of aryl methyl sites for hydroxylation is 1. The minimum atomic E-state index is 0.655.